The first-order chi connectivity index (χ1) is 7.61. The number of carbonyl (C=O) groups is 1. The van der Waals surface area contributed by atoms with E-state index < -0.39 is 17.8 Å². The Morgan fingerprint density at radius 2 is 2.31 bits per heavy atom. The van der Waals surface area contributed by atoms with Crippen molar-refractivity contribution in [1.82, 2.24) is 5.32 Å². The highest BCUT2D eigenvalue weighted by Crippen LogP contribution is 2.24. The Morgan fingerprint density at radius 3 is 2.88 bits per heavy atom. The minimum Gasteiger partial charge on any atom is -0.468 e. The number of esters is 1. The SMILES string of the molecule is CCNC(C(=O)OC)c1cccc(Cl)c1F. The second-order valence-corrected chi connectivity index (χ2v) is 3.56. The Bertz CT molecular complexity index is 384. The standard InChI is InChI=1S/C11H13ClFNO2/c1-3-14-10(11(15)16-2)7-5-4-6-8(12)9(7)13/h4-6,10,14H,3H2,1-2H3. The average Bonchev–Trinajstić information content (AvgIpc) is 2.29. The van der Waals surface area contributed by atoms with Crippen LogP contribution in [-0.2, 0) is 9.53 Å². The van der Waals surface area contributed by atoms with Crippen molar-refractivity contribution < 1.29 is 13.9 Å². The highest BCUT2D eigenvalue weighted by Gasteiger charge is 2.24. The molecular weight excluding hydrogens is 233 g/mol. The van der Waals surface area contributed by atoms with E-state index in [4.69, 9.17) is 11.6 Å². The smallest absolute Gasteiger partial charge is 0.327 e. The first-order valence-electron chi connectivity index (χ1n) is 4.87. The molecule has 0 bridgehead atoms. The molecule has 0 radical (unpaired) electrons. The Labute approximate surface area is 98.5 Å². The van der Waals surface area contributed by atoms with Gasteiger partial charge < -0.3 is 10.1 Å². The molecule has 0 aliphatic heterocycles. The van der Waals surface area contributed by atoms with E-state index in [9.17, 15) is 9.18 Å². The zero-order valence-electron chi connectivity index (χ0n) is 9.09. The quantitative estimate of drug-likeness (QED) is 0.828. The van der Waals surface area contributed by atoms with Crippen molar-refractivity contribution in [3.05, 3.63) is 34.6 Å². The van der Waals surface area contributed by atoms with Gasteiger partial charge in [-0.2, -0.15) is 0 Å². The van der Waals surface area contributed by atoms with E-state index in [0.29, 0.717) is 6.54 Å². The summed E-state index contributed by atoms with van der Waals surface area (Å²) in [5.41, 5.74) is 0.196. The normalized spacial score (nSPS) is 12.2. The lowest BCUT2D eigenvalue weighted by atomic mass is 10.1. The molecule has 0 saturated carbocycles. The molecule has 88 valence electrons. The topological polar surface area (TPSA) is 38.3 Å². The zero-order valence-corrected chi connectivity index (χ0v) is 9.84. The third kappa shape index (κ3) is 2.71. The summed E-state index contributed by atoms with van der Waals surface area (Å²) in [6.07, 6.45) is 0. The number of hydrogen-bond acceptors (Lipinski definition) is 3. The van der Waals surface area contributed by atoms with Crippen LogP contribution in [0.1, 0.15) is 18.5 Å². The largest absolute Gasteiger partial charge is 0.468 e. The van der Waals surface area contributed by atoms with Crippen molar-refractivity contribution in [3.63, 3.8) is 0 Å². The Kier molecular flexibility index (Phi) is 4.71. The molecule has 0 aromatic heterocycles. The van der Waals surface area contributed by atoms with Gasteiger partial charge in [0.15, 0.2) is 0 Å². The summed E-state index contributed by atoms with van der Waals surface area (Å²) in [6.45, 7) is 2.34. The summed E-state index contributed by atoms with van der Waals surface area (Å²) >= 11 is 5.65. The first-order valence-corrected chi connectivity index (χ1v) is 5.24. The van der Waals surface area contributed by atoms with Gasteiger partial charge in [0.1, 0.15) is 11.9 Å². The van der Waals surface area contributed by atoms with Crippen LogP contribution < -0.4 is 5.32 Å². The van der Waals surface area contributed by atoms with E-state index in [-0.39, 0.29) is 10.6 Å². The molecule has 3 nitrogen and oxygen atoms in total. The van der Waals surface area contributed by atoms with Gasteiger partial charge in [-0.3, -0.25) is 0 Å². The summed E-state index contributed by atoms with van der Waals surface area (Å²) < 4.78 is 18.3. The third-order valence-electron chi connectivity index (χ3n) is 2.14. The zero-order chi connectivity index (χ0) is 12.1. The van der Waals surface area contributed by atoms with E-state index in [1.54, 1.807) is 6.07 Å². The van der Waals surface area contributed by atoms with Gasteiger partial charge in [0.05, 0.1) is 12.1 Å². The molecule has 0 aliphatic rings. The summed E-state index contributed by atoms with van der Waals surface area (Å²) in [4.78, 5) is 11.5. The fraction of sp³-hybridized carbons (Fsp3) is 0.364. The number of ether oxygens (including phenoxy) is 1. The minimum absolute atomic E-state index is 0.00990. The molecule has 0 saturated heterocycles. The van der Waals surface area contributed by atoms with Crippen LogP contribution in [-0.4, -0.2) is 19.6 Å². The minimum atomic E-state index is -0.825. The molecule has 0 fully saturated rings. The van der Waals surface area contributed by atoms with E-state index in [0.717, 1.165) is 0 Å². The maximum absolute atomic E-state index is 13.7. The Balaban J connectivity index is 3.10. The summed E-state index contributed by atoms with van der Waals surface area (Å²) in [5.74, 6) is -1.14. The molecule has 0 spiro atoms. The van der Waals surface area contributed by atoms with Gasteiger partial charge >= 0.3 is 5.97 Å². The van der Waals surface area contributed by atoms with Crippen LogP contribution in [0.25, 0.3) is 0 Å². The van der Waals surface area contributed by atoms with Gasteiger partial charge in [-0.1, -0.05) is 30.7 Å². The molecule has 1 atom stereocenters. The molecule has 0 aliphatic carbocycles. The number of likely N-dealkylation sites (N-methyl/N-ethyl adjacent to an activating group) is 1. The lowest BCUT2D eigenvalue weighted by Gasteiger charge is -2.16. The van der Waals surface area contributed by atoms with Gasteiger partial charge in [0.25, 0.3) is 0 Å². The summed E-state index contributed by atoms with van der Waals surface area (Å²) in [6, 6.07) is 3.70. The number of carbonyl (C=O) groups excluding carboxylic acids is 1. The number of nitrogens with one attached hydrogen (secondary N) is 1. The monoisotopic (exact) mass is 245 g/mol. The van der Waals surface area contributed by atoms with Crippen molar-refractivity contribution >= 4 is 17.6 Å². The van der Waals surface area contributed by atoms with E-state index in [2.05, 4.69) is 10.1 Å². The van der Waals surface area contributed by atoms with E-state index in [1.807, 2.05) is 6.92 Å². The average molecular weight is 246 g/mol. The molecule has 16 heavy (non-hydrogen) atoms. The first kappa shape index (κ1) is 12.9. The molecular formula is C11H13ClFNO2. The molecule has 0 heterocycles. The molecule has 0 amide bonds. The van der Waals surface area contributed by atoms with Crippen LogP contribution >= 0.6 is 11.6 Å². The maximum Gasteiger partial charge on any atom is 0.327 e. The fourth-order valence-electron chi connectivity index (χ4n) is 1.39. The van der Waals surface area contributed by atoms with Crippen LogP contribution in [0.4, 0.5) is 4.39 Å². The second kappa shape index (κ2) is 5.82. The maximum atomic E-state index is 13.7. The van der Waals surface area contributed by atoms with Crippen molar-refractivity contribution in [2.24, 2.45) is 0 Å². The van der Waals surface area contributed by atoms with Gasteiger partial charge in [0.2, 0.25) is 0 Å². The van der Waals surface area contributed by atoms with Crippen molar-refractivity contribution in [3.8, 4) is 0 Å². The third-order valence-corrected chi connectivity index (χ3v) is 2.43. The highest BCUT2D eigenvalue weighted by atomic mass is 35.5. The molecule has 1 aromatic carbocycles. The summed E-state index contributed by atoms with van der Waals surface area (Å²) in [5, 5.41) is 2.83. The van der Waals surface area contributed by atoms with E-state index in [1.165, 1.54) is 19.2 Å². The Morgan fingerprint density at radius 1 is 1.62 bits per heavy atom. The number of halogens is 2. The van der Waals surface area contributed by atoms with E-state index >= 15 is 0 Å². The van der Waals surface area contributed by atoms with Crippen LogP contribution in [0.3, 0.4) is 0 Å². The highest BCUT2D eigenvalue weighted by molar-refractivity contribution is 6.30. The number of methoxy groups -OCH3 is 1. The predicted octanol–water partition coefficient (Wildman–Crippen LogP) is 2.30. The Hall–Kier alpha value is -1.13. The van der Waals surface area contributed by atoms with Crippen LogP contribution in [0.15, 0.2) is 18.2 Å². The van der Waals surface area contributed by atoms with Gasteiger partial charge in [-0.15, -0.1) is 0 Å². The second-order valence-electron chi connectivity index (χ2n) is 3.16. The van der Waals surface area contributed by atoms with Gasteiger partial charge in [0, 0.05) is 5.56 Å². The van der Waals surface area contributed by atoms with Crippen LogP contribution in [0.5, 0.6) is 0 Å². The number of rotatable bonds is 4. The van der Waals surface area contributed by atoms with Crippen LogP contribution in [0, 0.1) is 5.82 Å². The molecule has 1 aromatic rings. The number of hydrogen-bond donors (Lipinski definition) is 1. The van der Waals surface area contributed by atoms with Crippen LogP contribution in [0.2, 0.25) is 5.02 Å². The molecule has 1 rings (SSSR count). The number of benzene rings is 1. The fourth-order valence-corrected chi connectivity index (χ4v) is 1.57. The van der Waals surface area contributed by atoms with Gasteiger partial charge in [-0.25, -0.2) is 9.18 Å². The van der Waals surface area contributed by atoms with Crippen molar-refractivity contribution in [1.29, 1.82) is 0 Å². The summed E-state index contributed by atoms with van der Waals surface area (Å²) in [7, 11) is 1.26. The molecule has 1 N–H and O–H groups in total. The predicted molar refractivity (Wildman–Crippen MR) is 59.8 cm³/mol. The van der Waals surface area contributed by atoms with Gasteiger partial charge in [-0.05, 0) is 12.6 Å². The lowest BCUT2D eigenvalue weighted by molar-refractivity contribution is -0.143. The van der Waals surface area contributed by atoms with Crippen molar-refractivity contribution in [2.75, 3.05) is 13.7 Å². The molecule has 1 unspecified atom stereocenters. The van der Waals surface area contributed by atoms with Crippen molar-refractivity contribution in [2.45, 2.75) is 13.0 Å². The lowest BCUT2D eigenvalue weighted by Crippen LogP contribution is -2.30. The molecule has 5 heteroatoms.